The molecule has 142 valence electrons. The van der Waals surface area contributed by atoms with Crippen LogP contribution in [0.5, 0.6) is 0 Å². The van der Waals surface area contributed by atoms with Crippen LogP contribution in [-0.2, 0) is 24.2 Å². The Bertz CT molecular complexity index is 1210. The number of aryl methyl sites for hydroxylation is 2. The van der Waals surface area contributed by atoms with Gasteiger partial charge in [-0.2, -0.15) is 5.10 Å². The van der Waals surface area contributed by atoms with E-state index in [1.165, 1.54) is 10.4 Å². The lowest BCUT2D eigenvalue weighted by atomic mass is 10.0. The topological polar surface area (TPSA) is 50.5 Å². The van der Waals surface area contributed by atoms with Crippen LogP contribution in [0.2, 0.25) is 0 Å². The molecule has 1 amide bonds. The summed E-state index contributed by atoms with van der Waals surface area (Å²) in [5, 5.41) is 7.90. The molecule has 0 spiro atoms. The highest BCUT2D eigenvalue weighted by atomic mass is 32.1. The predicted molar refractivity (Wildman–Crippen MR) is 112 cm³/mol. The summed E-state index contributed by atoms with van der Waals surface area (Å²) in [5.41, 5.74) is 6.34. The van der Waals surface area contributed by atoms with Crippen molar-refractivity contribution in [1.82, 2.24) is 19.5 Å². The molecule has 0 unspecified atom stereocenters. The zero-order valence-corrected chi connectivity index (χ0v) is 16.9. The van der Waals surface area contributed by atoms with Gasteiger partial charge in [-0.25, -0.2) is 9.50 Å². The molecule has 1 aliphatic rings. The average Bonchev–Trinajstić information content (AvgIpc) is 3.31. The minimum Gasteiger partial charge on any atom is -0.338 e. The SMILES string of the molecule is Cc1nc2c3ccccc3nn2c(C)c1CCC(=O)N1CCc2sccc2C1. The standard InChI is InChI=1S/C22H22N4OS/c1-14-17(7-8-21(27)25-11-9-20-16(13-25)10-12-28-20)15(2)26-22(23-14)18-5-3-4-6-19(18)24-26/h3-6,10,12H,7-9,11,13H2,1-2H3. The summed E-state index contributed by atoms with van der Waals surface area (Å²) in [5.74, 6) is 0.223. The molecule has 28 heavy (non-hydrogen) atoms. The van der Waals surface area contributed by atoms with Crippen LogP contribution < -0.4 is 0 Å². The van der Waals surface area contributed by atoms with E-state index in [0.717, 1.165) is 53.0 Å². The fourth-order valence-electron chi connectivity index (χ4n) is 4.19. The largest absolute Gasteiger partial charge is 0.338 e. The second kappa shape index (κ2) is 6.71. The van der Waals surface area contributed by atoms with Crippen molar-refractivity contribution in [2.45, 2.75) is 39.7 Å². The highest BCUT2D eigenvalue weighted by Crippen LogP contribution is 2.26. The summed E-state index contributed by atoms with van der Waals surface area (Å²) in [6.45, 7) is 5.68. The van der Waals surface area contributed by atoms with Crippen molar-refractivity contribution >= 4 is 33.8 Å². The van der Waals surface area contributed by atoms with Gasteiger partial charge in [0.2, 0.25) is 5.91 Å². The lowest BCUT2D eigenvalue weighted by Crippen LogP contribution is -2.35. The second-order valence-corrected chi connectivity index (χ2v) is 8.45. The molecule has 0 saturated carbocycles. The maximum atomic E-state index is 12.8. The Hall–Kier alpha value is -2.73. The van der Waals surface area contributed by atoms with Crippen LogP contribution in [0.15, 0.2) is 35.7 Å². The first-order valence-corrected chi connectivity index (χ1v) is 10.6. The van der Waals surface area contributed by atoms with Crippen molar-refractivity contribution in [3.8, 4) is 0 Å². The number of fused-ring (bicyclic) bond motifs is 4. The zero-order chi connectivity index (χ0) is 19.3. The number of hydrogen-bond donors (Lipinski definition) is 0. The van der Waals surface area contributed by atoms with Crippen molar-refractivity contribution in [1.29, 1.82) is 0 Å². The van der Waals surface area contributed by atoms with Gasteiger partial charge in [0, 0.05) is 41.2 Å². The Balaban J connectivity index is 1.39. The molecule has 1 aliphatic heterocycles. The molecular weight excluding hydrogens is 368 g/mol. The van der Waals surface area contributed by atoms with Crippen LogP contribution in [-0.4, -0.2) is 31.9 Å². The summed E-state index contributed by atoms with van der Waals surface area (Å²) in [6, 6.07) is 10.2. The van der Waals surface area contributed by atoms with Gasteiger partial charge in [0.15, 0.2) is 5.65 Å². The maximum absolute atomic E-state index is 12.8. The van der Waals surface area contributed by atoms with Gasteiger partial charge in [0.05, 0.1) is 5.52 Å². The quantitative estimate of drug-likeness (QED) is 0.530. The molecule has 0 fully saturated rings. The van der Waals surface area contributed by atoms with E-state index in [4.69, 9.17) is 10.1 Å². The Kier molecular flexibility index (Phi) is 4.16. The van der Waals surface area contributed by atoms with Gasteiger partial charge in [-0.05, 0) is 61.4 Å². The predicted octanol–water partition coefficient (Wildman–Crippen LogP) is 4.08. The van der Waals surface area contributed by atoms with Crippen LogP contribution in [0.1, 0.15) is 33.8 Å². The van der Waals surface area contributed by atoms with E-state index in [1.807, 2.05) is 34.5 Å². The number of thiophene rings is 1. The van der Waals surface area contributed by atoms with E-state index in [1.54, 1.807) is 11.3 Å². The normalized spacial score (nSPS) is 14.0. The van der Waals surface area contributed by atoms with Gasteiger partial charge in [-0.1, -0.05) is 12.1 Å². The first kappa shape index (κ1) is 17.4. The molecule has 1 aromatic carbocycles. The number of carbonyl (C=O) groups excluding carboxylic acids is 1. The molecule has 5 rings (SSSR count). The molecule has 0 saturated heterocycles. The smallest absolute Gasteiger partial charge is 0.223 e. The number of rotatable bonds is 3. The molecule has 0 radical (unpaired) electrons. The Morgan fingerprint density at radius 1 is 1.21 bits per heavy atom. The van der Waals surface area contributed by atoms with E-state index in [0.29, 0.717) is 12.8 Å². The summed E-state index contributed by atoms with van der Waals surface area (Å²) in [6.07, 6.45) is 2.18. The molecule has 5 nitrogen and oxygen atoms in total. The van der Waals surface area contributed by atoms with Gasteiger partial charge in [-0.15, -0.1) is 11.3 Å². The molecule has 6 heteroatoms. The van der Waals surface area contributed by atoms with Crippen molar-refractivity contribution < 1.29 is 4.79 Å². The third kappa shape index (κ3) is 2.79. The van der Waals surface area contributed by atoms with E-state index >= 15 is 0 Å². The molecule has 3 aromatic heterocycles. The number of aromatic nitrogens is 3. The van der Waals surface area contributed by atoms with Crippen LogP contribution in [0, 0.1) is 13.8 Å². The third-order valence-electron chi connectivity index (χ3n) is 5.77. The van der Waals surface area contributed by atoms with Gasteiger partial charge < -0.3 is 4.90 Å². The average molecular weight is 391 g/mol. The third-order valence-corrected chi connectivity index (χ3v) is 6.79. The summed E-state index contributed by atoms with van der Waals surface area (Å²) in [4.78, 5) is 21.1. The summed E-state index contributed by atoms with van der Waals surface area (Å²) < 4.78 is 1.93. The lowest BCUT2D eigenvalue weighted by molar-refractivity contribution is -0.132. The molecule has 4 aromatic rings. The molecular formula is C22H22N4OS. The Morgan fingerprint density at radius 3 is 2.96 bits per heavy atom. The van der Waals surface area contributed by atoms with E-state index < -0.39 is 0 Å². The van der Waals surface area contributed by atoms with Crippen LogP contribution in [0.4, 0.5) is 0 Å². The van der Waals surface area contributed by atoms with E-state index in [-0.39, 0.29) is 5.91 Å². The summed E-state index contributed by atoms with van der Waals surface area (Å²) in [7, 11) is 0. The van der Waals surface area contributed by atoms with Crippen molar-refractivity contribution in [3.63, 3.8) is 0 Å². The van der Waals surface area contributed by atoms with Crippen LogP contribution >= 0.6 is 11.3 Å². The van der Waals surface area contributed by atoms with Crippen molar-refractivity contribution in [3.05, 3.63) is 63.1 Å². The molecule has 0 bridgehead atoms. The molecule has 0 N–H and O–H groups in total. The number of hydrogen-bond acceptors (Lipinski definition) is 4. The Morgan fingerprint density at radius 2 is 2.07 bits per heavy atom. The lowest BCUT2D eigenvalue weighted by Gasteiger charge is -2.27. The maximum Gasteiger partial charge on any atom is 0.223 e. The van der Waals surface area contributed by atoms with E-state index in [2.05, 4.69) is 24.4 Å². The number of amides is 1. The number of carbonyl (C=O) groups is 1. The van der Waals surface area contributed by atoms with Crippen molar-refractivity contribution in [2.24, 2.45) is 0 Å². The van der Waals surface area contributed by atoms with Gasteiger partial charge in [-0.3, -0.25) is 4.79 Å². The molecule has 4 heterocycles. The first-order valence-electron chi connectivity index (χ1n) is 9.68. The second-order valence-electron chi connectivity index (χ2n) is 7.45. The highest BCUT2D eigenvalue weighted by molar-refractivity contribution is 7.10. The number of benzene rings is 1. The fourth-order valence-corrected chi connectivity index (χ4v) is 5.08. The summed E-state index contributed by atoms with van der Waals surface area (Å²) >= 11 is 1.80. The minimum atomic E-state index is 0.223. The van der Waals surface area contributed by atoms with Crippen LogP contribution in [0.25, 0.3) is 16.6 Å². The first-order chi connectivity index (χ1) is 13.6. The molecule has 0 atom stereocenters. The monoisotopic (exact) mass is 390 g/mol. The van der Waals surface area contributed by atoms with E-state index in [9.17, 15) is 4.79 Å². The fraction of sp³-hybridized carbons (Fsp3) is 0.318. The van der Waals surface area contributed by atoms with Gasteiger partial charge in [0.1, 0.15) is 0 Å². The zero-order valence-electron chi connectivity index (χ0n) is 16.1. The van der Waals surface area contributed by atoms with Crippen LogP contribution in [0.3, 0.4) is 0 Å². The highest BCUT2D eigenvalue weighted by Gasteiger charge is 2.22. The van der Waals surface area contributed by atoms with Gasteiger partial charge in [0.25, 0.3) is 0 Å². The van der Waals surface area contributed by atoms with Crippen molar-refractivity contribution in [2.75, 3.05) is 6.54 Å². The minimum absolute atomic E-state index is 0.223. The molecule has 0 aliphatic carbocycles. The Labute approximate surface area is 167 Å². The number of nitrogens with zero attached hydrogens (tertiary/aromatic N) is 4. The van der Waals surface area contributed by atoms with Gasteiger partial charge >= 0.3 is 0 Å².